The highest BCUT2D eigenvalue weighted by Crippen LogP contribution is 2.34. The van der Waals surface area contributed by atoms with Crippen molar-refractivity contribution in [1.82, 2.24) is 15.1 Å². The van der Waals surface area contributed by atoms with Crippen molar-refractivity contribution in [2.75, 3.05) is 6.54 Å². The summed E-state index contributed by atoms with van der Waals surface area (Å²) in [4.78, 5) is 3.12. The van der Waals surface area contributed by atoms with E-state index in [4.69, 9.17) is 0 Å². The van der Waals surface area contributed by atoms with Crippen molar-refractivity contribution >= 4 is 11.3 Å². The van der Waals surface area contributed by atoms with Gasteiger partial charge in [0.25, 0.3) is 0 Å². The number of hydrogen-bond donors (Lipinski definition) is 1. The molecule has 0 aliphatic heterocycles. The van der Waals surface area contributed by atoms with Crippen molar-refractivity contribution in [3.05, 3.63) is 38.8 Å². The number of aromatic nitrogens is 2. The van der Waals surface area contributed by atoms with Gasteiger partial charge in [-0.1, -0.05) is 13.8 Å². The fourth-order valence-corrected chi connectivity index (χ4v) is 4.52. The summed E-state index contributed by atoms with van der Waals surface area (Å²) >= 11 is 2.02. The summed E-state index contributed by atoms with van der Waals surface area (Å²) < 4.78 is 2.05. The van der Waals surface area contributed by atoms with E-state index >= 15 is 0 Å². The van der Waals surface area contributed by atoms with Gasteiger partial charge >= 0.3 is 0 Å². The molecule has 0 saturated carbocycles. The molecule has 0 spiro atoms. The molecule has 0 radical (unpaired) electrons. The quantitative estimate of drug-likeness (QED) is 0.886. The fraction of sp³-hybridized carbons (Fsp3) is 0.588. The lowest BCUT2D eigenvalue weighted by Gasteiger charge is -2.16. The third kappa shape index (κ3) is 3.06. The Hall–Kier alpha value is -1.13. The lowest BCUT2D eigenvalue weighted by atomic mass is 10.1. The van der Waals surface area contributed by atoms with Crippen LogP contribution in [0, 0.1) is 0 Å². The van der Waals surface area contributed by atoms with E-state index in [1.165, 1.54) is 35.5 Å². The maximum Gasteiger partial charge on any atom is 0.0624 e. The summed E-state index contributed by atoms with van der Waals surface area (Å²) in [6.45, 7) is 5.36. The number of hydrogen-bond acceptors (Lipinski definition) is 3. The van der Waals surface area contributed by atoms with Crippen molar-refractivity contribution in [3.8, 4) is 0 Å². The second-order valence-electron chi connectivity index (χ2n) is 5.87. The minimum Gasteiger partial charge on any atom is -0.309 e. The largest absolute Gasteiger partial charge is 0.309 e. The van der Waals surface area contributed by atoms with E-state index < -0.39 is 0 Å². The molecule has 0 fully saturated rings. The summed E-state index contributed by atoms with van der Waals surface area (Å²) in [6.07, 6.45) is 5.93. The molecule has 0 saturated heterocycles. The summed E-state index contributed by atoms with van der Waals surface area (Å²) in [6, 6.07) is 5.12. The molecule has 2 heterocycles. The molecular weight excluding hydrogens is 278 g/mol. The first-order valence-corrected chi connectivity index (χ1v) is 8.89. The van der Waals surface area contributed by atoms with Crippen molar-refractivity contribution < 1.29 is 0 Å². The third-order valence-corrected chi connectivity index (χ3v) is 5.71. The Morgan fingerprint density at radius 3 is 2.86 bits per heavy atom. The van der Waals surface area contributed by atoms with Crippen LogP contribution in [-0.4, -0.2) is 16.3 Å². The number of thiophene rings is 1. The molecule has 4 heteroatoms. The Labute approximate surface area is 131 Å². The van der Waals surface area contributed by atoms with Gasteiger partial charge in [0.15, 0.2) is 0 Å². The van der Waals surface area contributed by atoms with Crippen molar-refractivity contribution in [2.24, 2.45) is 7.05 Å². The normalized spacial score (nSPS) is 15.4. The molecule has 1 atom stereocenters. The van der Waals surface area contributed by atoms with Crippen LogP contribution in [0.1, 0.15) is 53.0 Å². The van der Waals surface area contributed by atoms with Crippen molar-refractivity contribution in [1.29, 1.82) is 0 Å². The first kappa shape index (κ1) is 14.8. The van der Waals surface area contributed by atoms with Crippen LogP contribution in [0.3, 0.4) is 0 Å². The zero-order valence-corrected chi connectivity index (χ0v) is 14.1. The van der Waals surface area contributed by atoms with Gasteiger partial charge in [-0.15, -0.1) is 11.3 Å². The standard InChI is InChI=1S/C17H25N3S/c1-4-13-10-14(20(3)19-13)11-15(18-5-2)17-9-12-7-6-8-16(12)21-17/h9-10,15,18H,4-8,11H2,1-3H3. The van der Waals surface area contributed by atoms with Gasteiger partial charge < -0.3 is 5.32 Å². The number of aryl methyl sites for hydroxylation is 4. The molecule has 1 unspecified atom stereocenters. The summed E-state index contributed by atoms with van der Waals surface area (Å²) in [5, 5.41) is 8.24. The maximum atomic E-state index is 4.58. The average molecular weight is 303 g/mol. The fourth-order valence-electron chi connectivity index (χ4n) is 3.19. The highest BCUT2D eigenvalue weighted by Gasteiger charge is 2.21. The number of nitrogens with one attached hydrogen (secondary N) is 1. The van der Waals surface area contributed by atoms with Crippen LogP contribution in [0.2, 0.25) is 0 Å². The highest BCUT2D eigenvalue weighted by atomic mass is 32.1. The molecule has 2 aromatic heterocycles. The maximum absolute atomic E-state index is 4.58. The molecule has 1 N–H and O–H groups in total. The second-order valence-corrected chi connectivity index (χ2v) is 7.04. The predicted molar refractivity (Wildman–Crippen MR) is 89.1 cm³/mol. The second kappa shape index (κ2) is 6.32. The van der Waals surface area contributed by atoms with E-state index in [0.29, 0.717) is 6.04 Å². The van der Waals surface area contributed by atoms with Crippen molar-refractivity contribution in [3.63, 3.8) is 0 Å². The number of rotatable bonds is 6. The Bertz CT molecular complexity index is 590. The van der Waals surface area contributed by atoms with E-state index in [2.05, 4.69) is 43.4 Å². The monoisotopic (exact) mass is 303 g/mol. The molecule has 0 bridgehead atoms. The van der Waals surface area contributed by atoms with Crippen LogP contribution in [0.25, 0.3) is 0 Å². The molecule has 1 aliphatic rings. The van der Waals surface area contributed by atoms with Gasteiger partial charge in [0.05, 0.1) is 5.69 Å². The third-order valence-electron chi connectivity index (χ3n) is 4.36. The molecule has 0 aromatic carbocycles. The van der Waals surface area contributed by atoms with Crippen LogP contribution in [0.5, 0.6) is 0 Å². The molecule has 1 aliphatic carbocycles. The number of fused-ring (bicyclic) bond motifs is 1. The summed E-state index contributed by atoms with van der Waals surface area (Å²) in [5.74, 6) is 0. The Balaban J connectivity index is 1.81. The topological polar surface area (TPSA) is 29.9 Å². The van der Waals surface area contributed by atoms with Gasteiger partial charge in [0.1, 0.15) is 0 Å². The molecule has 0 amide bonds. The van der Waals surface area contributed by atoms with Gasteiger partial charge in [-0.25, -0.2) is 0 Å². The predicted octanol–water partition coefficient (Wildman–Crippen LogP) is 3.43. The summed E-state index contributed by atoms with van der Waals surface area (Å²) in [7, 11) is 2.06. The minimum absolute atomic E-state index is 0.422. The molecule has 21 heavy (non-hydrogen) atoms. The van der Waals surface area contributed by atoms with E-state index in [1.807, 2.05) is 16.0 Å². The summed E-state index contributed by atoms with van der Waals surface area (Å²) in [5.41, 5.74) is 4.11. The van der Waals surface area contributed by atoms with Crippen LogP contribution in [0.4, 0.5) is 0 Å². The molecular formula is C17H25N3S. The zero-order chi connectivity index (χ0) is 14.8. The Morgan fingerprint density at radius 1 is 1.33 bits per heavy atom. The average Bonchev–Trinajstić information content (AvgIpc) is 3.13. The Kier molecular flexibility index (Phi) is 4.45. The van der Waals surface area contributed by atoms with Crippen LogP contribution >= 0.6 is 11.3 Å². The first-order chi connectivity index (χ1) is 10.2. The van der Waals surface area contributed by atoms with Gasteiger partial charge in [-0.3, -0.25) is 4.68 Å². The van der Waals surface area contributed by atoms with Gasteiger partial charge in [-0.05, 0) is 49.9 Å². The Morgan fingerprint density at radius 2 is 2.19 bits per heavy atom. The van der Waals surface area contributed by atoms with Crippen molar-refractivity contribution in [2.45, 2.75) is 52.0 Å². The van der Waals surface area contributed by atoms with E-state index in [9.17, 15) is 0 Å². The molecule has 114 valence electrons. The molecule has 2 aromatic rings. The number of likely N-dealkylation sites (N-methyl/N-ethyl adjacent to an activating group) is 1. The first-order valence-electron chi connectivity index (χ1n) is 8.07. The zero-order valence-electron chi connectivity index (χ0n) is 13.3. The van der Waals surface area contributed by atoms with Crippen LogP contribution in [-0.2, 0) is 32.7 Å². The lowest BCUT2D eigenvalue weighted by molar-refractivity contribution is 0.535. The van der Waals surface area contributed by atoms with Gasteiger partial charge in [0.2, 0.25) is 0 Å². The lowest BCUT2D eigenvalue weighted by Crippen LogP contribution is -2.23. The molecule has 3 nitrogen and oxygen atoms in total. The van der Waals surface area contributed by atoms with E-state index in [0.717, 1.165) is 19.4 Å². The van der Waals surface area contributed by atoms with Crippen LogP contribution < -0.4 is 5.32 Å². The number of nitrogens with zero attached hydrogens (tertiary/aromatic N) is 2. The van der Waals surface area contributed by atoms with Gasteiger partial charge in [-0.2, -0.15) is 5.10 Å². The van der Waals surface area contributed by atoms with Crippen LogP contribution in [0.15, 0.2) is 12.1 Å². The van der Waals surface area contributed by atoms with E-state index in [1.54, 1.807) is 10.4 Å². The smallest absolute Gasteiger partial charge is 0.0624 e. The minimum atomic E-state index is 0.422. The van der Waals surface area contributed by atoms with E-state index in [-0.39, 0.29) is 0 Å². The highest BCUT2D eigenvalue weighted by molar-refractivity contribution is 7.12. The SMILES string of the molecule is CCNC(Cc1cc(CC)nn1C)c1cc2c(s1)CCC2. The van der Waals surface area contributed by atoms with Gasteiger partial charge in [0, 0.05) is 35.0 Å². The molecule has 3 rings (SSSR count).